The van der Waals surface area contributed by atoms with Crippen molar-refractivity contribution in [3.8, 4) is 0 Å². The van der Waals surface area contributed by atoms with E-state index in [4.69, 9.17) is 0 Å². The van der Waals surface area contributed by atoms with Crippen molar-refractivity contribution >= 4 is 49.4 Å². The maximum absolute atomic E-state index is 4.04. The van der Waals surface area contributed by atoms with Crippen LogP contribution in [0.4, 0.5) is 0 Å². The number of nitrogens with zero attached hydrogens (tertiary/aromatic N) is 2. The van der Waals surface area contributed by atoms with E-state index in [0.29, 0.717) is 0 Å². The van der Waals surface area contributed by atoms with E-state index >= 15 is 0 Å². The van der Waals surface area contributed by atoms with E-state index in [9.17, 15) is 0 Å². The van der Waals surface area contributed by atoms with Gasteiger partial charge >= 0.3 is 0 Å². The lowest BCUT2D eigenvalue weighted by Gasteiger charge is -1.96. The van der Waals surface area contributed by atoms with E-state index in [2.05, 4.69) is 48.7 Å². The maximum atomic E-state index is 4.04. The zero-order valence-electron chi connectivity index (χ0n) is 5.96. The predicted molar refractivity (Wildman–Crippen MR) is 60.0 cm³/mol. The average Bonchev–Trinajstić information content (AvgIpc) is 2.03. The van der Waals surface area contributed by atoms with Crippen molar-refractivity contribution < 1.29 is 0 Å². The van der Waals surface area contributed by atoms with Gasteiger partial charge in [-0.05, 0) is 46.9 Å². The summed E-state index contributed by atoms with van der Waals surface area (Å²) in [6, 6.07) is 7.95. The second kappa shape index (κ2) is 3.26. The Morgan fingerprint density at radius 3 is 2.83 bits per heavy atom. The molecule has 2 nitrogen and oxygen atoms in total. The van der Waals surface area contributed by atoms with Crippen molar-refractivity contribution in [1.82, 2.24) is 10.2 Å². The van der Waals surface area contributed by atoms with Gasteiger partial charge in [0.25, 0.3) is 0 Å². The Morgan fingerprint density at radius 2 is 2.00 bits per heavy atom. The second-order valence-corrected chi connectivity index (χ2v) is 4.39. The van der Waals surface area contributed by atoms with Gasteiger partial charge in [0.2, 0.25) is 0 Å². The molecule has 0 N–H and O–H groups in total. The van der Waals surface area contributed by atoms with Crippen molar-refractivity contribution in [2.24, 2.45) is 0 Å². The Morgan fingerprint density at radius 1 is 1.17 bits per heavy atom. The number of hydrogen-bond donors (Lipinski definition) is 0. The quantitative estimate of drug-likeness (QED) is 0.692. The second-order valence-electron chi connectivity index (χ2n) is 2.37. The highest BCUT2D eigenvalue weighted by molar-refractivity contribution is 14.1. The molecule has 1 heterocycles. The van der Waals surface area contributed by atoms with Gasteiger partial charge in [0.05, 0.1) is 5.52 Å². The number of halogens is 2. The normalized spacial score (nSPS) is 10.5. The van der Waals surface area contributed by atoms with Crippen LogP contribution in [0.3, 0.4) is 0 Å². The molecule has 0 aliphatic carbocycles. The topological polar surface area (TPSA) is 25.8 Å². The Bertz CT molecular complexity index is 394. The van der Waals surface area contributed by atoms with Crippen LogP contribution >= 0.6 is 38.5 Å². The Balaban J connectivity index is 2.80. The first kappa shape index (κ1) is 8.37. The molecule has 2 rings (SSSR count). The summed E-state index contributed by atoms with van der Waals surface area (Å²) < 4.78 is 1.98. The summed E-state index contributed by atoms with van der Waals surface area (Å²) in [5.41, 5.74) is 0.929. The zero-order valence-corrected chi connectivity index (χ0v) is 9.70. The fourth-order valence-corrected chi connectivity index (χ4v) is 1.81. The largest absolute Gasteiger partial charge is 0.149 e. The van der Waals surface area contributed by atoms with Crippen molar-refractivity contribution in [2.45, 2.75) is 0 Å². The van der Waals surface area contributed by atoms with Gasteiger partial charge in [-0.2, -0.15) is 0 Å². The third-order valence-electron chi connectivity index (χ3n) is 1.52. The van der Waals surface area contributed by atoms with Crippen LogP contribution in [-0.4, -0.2) is 10.2 Å². The molecule has 2 aromatic rings. The fourth-order valence-electron chi connectivity index (χ4n) is 0.991. The standard InChI is InChI=1S/C8H4BrIN2/c9-6-1-2-7-5(3-6)4-8(10)12-11-7/h1-4H. The predicted octanol–water partition coefficient (Wildman–Crippen LogP) is 3.00. The molecule has 0 saturated heterocycles. The fraction of sp³-hybridized carbons (Fsp3) is 0. The summed E-state index contributed by atoms with van der Waals surface area (Å²) in [4.78, 5) is 0. The third-order valence-corrected chi connectivity index (χ3v) is 2.54. The molecule has 4 heteroatoms. The van der Waals surface area contributed by atoms with Gasteiger partial charge in [0.1, 0.15) is 3.70 Å². The van der Waals surface area contributed by atoms with Crippen molar-refractivity contribution in [3.63, 3.8) is 0 Å². The summed E-state index contributed by atoms with van der Waals surface area (Å²) in [6.45, 7) is 0. The molecular weight excluding hydrogens is 331 g/mol. The van der Waals surface area contributed by atoms with Crippen LogP contribution < -0.4 is 0 Å². The maximum Gasteiger partial charge on any atom is 0.124 e. The molecule has 0 atom stereocenters. The minimum atomic E-state index is 0.915. The molecule has 0 fully saturated rings. The summed E-state index contributed by atoms with van der Waals surface area (Å²) in [5.74, 6) is 0. The lowest BCUT2D eigenvalue weighted by Crippen LogP contribution is -1.86. The summed E-state index contributed by atoms with van der Waals surface area (Å²) >= 11 is 5.56. The molecule has 0 amide bonds. The lowest BCUT2D eigenvalue weighted by molar-refractivity contribution is 1.04. The van der Waals surface area contributed by atoms with Crippen molar-refractivity contribution in [1.29, 1.82) is 0 Å². The highest BCUT2D eigenvalue weighted by Gasteiger charge is 1.96. The monoisotopic (exact) mass is 334 g/mol. The number of rotatable bonds is 0. The third kappa shape index (κ3) is 1.59. The molecule has 0 unspecified atom stereocenters. The minimum Gasteiger partial charge on any atom is -0.149 e. The van der Waals surface area contributed by atoms with E-state index in [1.807, 2.05) is 24.3 Å². The van der Waals surface area contributed by atoms with E-state index in [1.165, 1.54) is 0 Å². The van der Waals surface area contributed by atoms with Crippen LogP contribution in [0.15, 0.2) is 28.7 Å². The number of hydrogen-bond acceptors (Lipinski definition) is 2. The summed E-state index contributed by atoms with van der Waals surface area (Å²) in [5, 5.41) is 9.12. The van der Waals surface area contributed by atoms with E-state index in [1.54, 1.807) is 0 Å². The van der Waals surface area contributed by atoms with E-state index in [0.717, 1.165) is 19.1 Å². The number of benzene rings is 1. The first-order valence-electron chi connectivity index (χ1n) is 3.34. The van der Waals surface area contributed by atoms with Gasteiger partial charge in [-0.1, -0.05) is 15.9 Å². The molecule has 0 aliphatic heterocycles. The lowest BCUT2D eigenvalue weighted by atomic mass is 10.2. The molecule has 0 saturated carbocycles. The first-order chi connectivity index (χ1) is 5.75. The molecule has 0 spiro atoms. The van der Waals surface area contributed by atoms with Crippen molar-refractivity contribution in [3.05, 3.63) is 32.4 Å². The summed E-state index contributed by atoms with van der Waals surface area (Å²) in [6.07, 6.45) is 0. The van der Waals surface area contributed by atoms with Crippen LogP contribution in [0.5, 0.6) is 0 Å². The molecule has 12 heavy (non-hydrogen) atoms. The molecule has 60 valence electrons. The van der Waals surface area contributed by atoms with Crippen LogP contribution in [0, 0.1) is 3.70 Å². The summed E-state index contributed by atoms with van der Waals surface area (Å²) in [7, 11) is 0. The molecular formula is C8H4BrIN2. The van der Waals surface area contributed by atoms with E-state index < -0.39 is 0 Å². The van der Waals surface area contributed by atoms with Crippen LogP contribution in [0.2, 0.25) is 0 Å². The van der Waals surface area contributed by atoms with Gasteiger partial charge in [0, 0.05) is 9.86 Å². The molecule has 0 radical (unpaired) electrons. The van der Waals surface area contributed by atoms with Crippen LogP contribution in [0.1, 0.15) is 0 Å². The average molecular weight is 335 g/mol. The van der Waals surface area contributed by atoms with Crippen LogP contribution in [-0.2, 0) is 0 Å². The van der Waals surface area contributed by atoms with Gasteiger partial charge < -0.3 is 0 Å². The van der Waals surface area contributed by atoms with Gasteiger partial charge in [0.15, 0.2) is 0 Å². The Kier molecular flexibility index (Phi) is 2.27. The molecule has 0 aliphatic rings. The van der Waals surface area contributed by atoms with Gasteiger partial charge in [-0.3, -0.25) is 0 Å². The molecule has 1 aromatic carbocycles. The molecule has 0 bridgehead atoms. The number of aromatic nitrogens is 2. The Hall–Kier alpha value is -0.230. The Labute approximate surface area is 91.7 Å². The smallest absolute Gasteiger partial charge is 0.124 e. The zero-order chi connectivity index (χ0) is 8.55. The minimum absolute atomic E-state index is 0.915. The highest BCUT2D eigenvalue weighted by atomic mass is 127. The number of fused-ring (bicyclic) bond motifs is 1. The van der Waals surface area contributed by atoms with Crippen LogP contribution in [0.25, 0.3) is 10.9 Å². The SMILES string of the molecule is Brc1ccc2nnc(I)cc2c1. The van der Waals surface area contributed by atoms with E-state index in [-0.39, 0.29) is 0 Å². The van der Waals surface area contributed by atoms with Gasteiger partial charge in [-0.15, -0.1) is 10.2 Å². The highest BCUT2D eigenvalue weighted by Crippen LogP contribution is 2.18. The van der Waals surface area contributed by atoms with Gasteiger partial charge in [-0.25, -0.2) is 0 Å². The first-order valence-corrected chi connectivity index (χ1v) is 5.21. The van der Waals surface area contributed by atoms with Crippen molar-refractivity contribution in [2.75, 3.05) is 0 Å². The molecule has 1 aromatic heterocycles.